The minimum atomic E-state index is 0. The Morgan fingerprint density at radius 1 is 0.949 bits per heavy atom. The number of ether oxygens (including phenoxy) is 1. The Labute approximate surface area is 247 Å². The van der Waals surface area contributed by atoms with Crippen LogP contribution in [0.3, 0.4) is 0 Å². The normalized spacial score (nSPS) is 36.5. The number of carbonyl (C=O) groups excluding carboxylic acids is 1. The predicted octanol–water partition coefficient (Wildman–Crippen LogP) is 2.48. The number of piperidine rings is 2. The molecular weight excluding hydrogens is 595 g/mol. The van der Waals surface area contributed by atoms with Crippen LogP contribution in [-0.2, 0) is 21.5 Å². The first-order valence-corrected chi connectivity index (χ1v) is 14.4. The van der Waals surface area contributed by atoms with E-state index in [2.05, 4.69) is 89.8 Å². The minimum Gasteiger partial charge on any atom is -1.00 e. The van der Waals surface area contributed by atoms with Crippen LogP contribution in [0.2, 0.25) is 0 Å². The van der Waals surface area contributed by atoms with E-state index in [-0.39, 0.29) is 47.4 Å². The van der Waals surface area contributed by atoms with Gasteiger partial charge in [0.1, 0.15) is 19.1 Å². The number of quaternary nitrogens is 1. The molecule has 1 aliphatic carbocycles. The van der Waals surface area contributed by atoms with Gasteiger partial charge in [-0.05, 0) is 34.2 Å². The third kappa shape index (κ3) is 3.10. The van der Waals surface area contributed by atoms with E-state index in [0.29, 0.717) is 30.9 Å². The molecule has 7 atom stereocenters. The molecule has 1 spiro atoms. The third-order valence-corrected chi connectivity index (χ3v) is 11.3. The summed E-state index contributed by atoms with van der Waals surface area (Å²) in [6.45, 7) is 4.03. The number of nitrogens with zero attached hydrogens (tertiary/aromatic N) is 2. The second-order valence-electron chi connectivity index (χ2n) is 12.6. The van der Waals surface area contributed by atoms with E-state index in [1.807, 2.05) is 0 Å². The lowest BCUT2D eigenvalue weighted by Crippen LogP contribution is -3.00. The summed E-state index contributed by atoms with van der Waals surface area (Å²) in [5.41, 5.74) is 8.25. The van der Waals surface area contributed by atoms with Crippen molar-refractivity contribution in [1.29, 1.82) is 0 Å². The van der Waals surface area contributed by atoms with Gasteiger partial charge in [-0.1, -0.05) is 78.9 Å². The van der Waals surface area contributed by atoms with E-state index < -0.39 is 0 Å². The maximum atomic E-state index is 13.7. The molecule has 4 nitrogen and oxygen atoms in total. The molecule has 1 saturated carbocycles. The van der Waals surface area contributed by atoms with E-state index in [1.165, 1.54) is 40.9 Å². The average molecular weight is 629 g/mol. The van der Waals surface area contributed by atoms with Crippen molar-refractivity contribution in [3.8, 4) is 11.1 Å². The van der Waals surface area contributed by atoms with E-state index >= 15 is 0 Å². The Hall–Kier alpha value is -2.48. The molecule has 9 rings (SSSR count). The fourth-order valence-electron chi connectivity index (χ4n) is 10.00. The zero-order valence-electron chi connectivity index (χ0n) is 22.0. The van der Waals surface area contributed by atoms with Crippen molar-refractivity contribution >= 4 is 11.6 Å². The van der Waals surface area contributed by atoms with Gasteiger partial charge in [-0.2, -0.15) is 0 Å². The lowest BCUT2D eigenvalue weighted by Gasteiger charge is -2.60. The molecule has 1 unspecified atom stereocenters. The molecule has 0 radical (unpaired) electrons. The Balaban J connectivity index is 0.00000235. The molecule has 6 aliphatic rings. The van der Waals surface area contributed by atoms with Crippen LogP contribution in [0.5, 0.6) is 0 Å². The van der Waals surface area contributed by atoms with Gasteiger partial charge in [-0.15, -0.1) is 0 Å². The Morgan fingerprint density at radius 3 is 2.56 bits per heavy atom. The van der Waals surface area contributed by atoms with Gasteiger partial charge in [0, 0.05) is 30.0 Å². The number of fused-ring (bicyclic) bond motifs is 2. The summed E-state index contributed by atoms with van der Waals surface area (Å²) in [4.78, 5) is 16.0. The van der Waals surface area contributed by atoms with Gasteiger partial charge >= 0.3 is 0 Å². The first-order valence-electron chi connectivity index (χ1n) is 14.4. The maximum absolute atomic E-state index is 13.7. The highest BCUT2D eigenvalue weighted by Crippen LogP contribution is 2.67. The quantitative estimate of drug-likeness (QED) is 0.254. The number of carbonyl (C=O) groups is 1. The van der Waals surface area contributed by atoms with Crippen molar-refractivity contribution < 1.29 is 38.0 Å². The molecule has 2 bridgehead atoms. The molecule has 5 heteroatoms. The topological polar surface area (TPSA) is 29.5 Å². The molecule has 3 aromatic carbocycles. The number of benzene rings is 3. The van der Waals surface area contributed by atoms with Crippen LogP contribution in [0.4, 0.5) is 5.69 Å². The van der Waals surface area contributed by atoms with Crippen molar-refractivity contribution in [3.05, 3.63) is 102 Å². The lowest BCUT2D eigenvalue weighted by molar-refractivity contribution is -0.955. The van der Waals surface area contributed by atoms with Crippen molar-refractivity contribution in [2.75, 3.05) is 24.6 Å². The number of hydrogen-bond acceptors (Lipinski definition) is 2. The summed E-state index contributed by atoms with van der Waals surface area (Å²) in [5, 5.41) is 0. The van der Waals surface area contributed by atoms with Crippen molar-refractivity contribution in [2.45, 2.75) is 49.4 Å². The monoisotopic (exact) mass is 628 g/mol. The first kappa shape index (κ1) is 24.3. The first-order chi connectivity index (χ1) is 18.7. The summed E-state index contributed by atoms with van der Waals surface area (Å²) in [6, 6.07) is 29.7. The summed E-state index contributed by atoms with van der Waals surface area (Å²) in [5.74, 6) is 1.22. The standard InChI is InChI=1S/C34H33N2O2.HI/c37-31-19-29-32-26-18-30-34(27-8-4-5-9-28(27)35(31)33(32)34)15-16-36(30,21-25(26)14-17-38-29)20-22-10-12-24(13-11-22)23-6-2-1-3-7-23;/h1-14,26,29-30,32-33H,15-21H2;1H/q+1;/p-1/t26-,29-,30-,32-,33-,34+,36?;/m0./s1. The molecule has 3 aromatic rings. The highest BCUT2D eigenvalue weighted by Gasteiger charge is 2.75. The Morgan fingerprint density at radius 2 is 1.72 bits per heavy atom. The molecule has 5 aliphatic heterocycles. The zero-order chi connectivity index (χ0) is 25.1. The fraction of sp³-hybridized carbons (Fsp3) is 0.382. The number of amides is 1. The highest BCUT2D eigenvalue weighted by atomic mass is 127. The van der Waals surface area contributed by atoms with Gasteiger partial charge in [-0.25, -0.2) is 0 Å². The average Bonchev–Trinajstić information content (AvgIpc) is 3.39. The minimum absolute atomic E-state index is 0. The second kappa shape index (κ2) is 8.51. The van der Waals surface area contributed by atoms with Crippen LogP contribution in [0.1, 0.15) is 30.4 Å². The van der Waals surface area contributed by atoms with Crippen LogP contribution in [0.15, 0.2) is 90.5 Å². The van der Waals surface area contributed by atoms with Crippen molar-refractivity contribution in [2.24, 2.45) is 11.8 Å². The third-order valence-electron chi connectivity index (χ3n) is 11.3. The lowest BCUT2D eigenvalue weighted by atomic mass is 9.53. The summed E-state index contributed by atoms with van der Waals surface area (Å²) in [6.07, 6.45) is 5.38. The van der Waals surface area contributed by atoms with Gasteiger partial charge in [0.2, 0.25) is 5.91 Å². The smallest absolute Gasteiger partial charge is 0.229 e. The summed E-state index contributed by atoms with van der Waals surface area (Å²) >= 11 is 0. The van der Waals surface area contributed by atoms with E-state index in [4.69, 9.17) is 4.74 Å². The SMILES string of the molecule is O=C1C[C@@H]2OCC=C3C[N+]4(Cc5ccc(-c6ccccc6)cc5)CC[C@]56c7ccccc7N1[C@H]5[C@H]2[C@H]3C[C@@H]64.[I-]. The molecule has 1 amide bonds. The van der Waals surface area contributed by atoms with Crippen LogP contribution in [0.25, 0.3) is 11.1 Å². The van der Waals surface area contributed by atoms with Gasteiger partial charge in [0.05, 0.1) is 37.1 Å². The number of para-hydroxylation sites is 1. The number of hydrogen-bond donors (Lipinski definition) is 0. The molecule has 39 heavy (non-hydrogen) atoms. The Bertz CT molecular complexity index is 1500. The summed E-state index contributed by atoms with van der Waals surface area (Å²) < 4.78 is 7.59. The largest absolute Gasteiger partial charge is 1.00 e. The van der Waals surface area contributed by atoms with Crippen LogP contribution < -0.4 is 28.9 Å². The molecule has 3 saturated heterocycles. The molecule has 0 N–H and O–H groups in total. The van der Waals surface area contributed by atoms with Gasteiger partial charge < -0.3 is 38.1 Å². The molecule has 0 aromatic heterocycles. The number of halogens is 1. The van der Waals surface area contributed by atoms with E-state index in [9.17, 15) is 4.79 Å². The van der Waals surface area contributed by atoms with Gasteiger partial charge in [0.15, 0.2) is 0 Å². The Kier molecular flexibility index (Phi) is 5.31. The molecular formula is C34H33IN2O2. The van der Waals surface area contributed by atoms with Crippen molar-refractivity contribution in [3.63, 3.8) is 0 Å². The highest BCUT2D eigenvalue weighted by molar-refractivity contribution is 5.99. The molecule has 5 heterocycles. The maximum Gasteiger partial charge on any atom is 0.229 e. The summed E-state index contributed by atoms with van der Waals surface area (Å²) in [7, 11) is 0. The predicted molar refractivity (Wildman–Crippen MR) is 147 cm³/mol. The fourth-order valence-corrected chi connectivity index (χ4v) is 10.00. The molecule has 4 fully saturated rings. The number of anilines is 1. The zero-order valence-corrected chi connectivity index (χ0v) is 24.2. The van der Waals surface area contributed by atoms with E-state index in [1.54, 1.807) is 5.57 Å². The van der Waals surface area contributed by atoms with Gasteiger partial charge in [-0.3, -0.25) is 4.79 Å². The van der Waals surface area contributed by atoms with Crippen LogP contribution >= 0.6 is 0 Å². The van der Waals surface area contributed by atoms with Crippen LogP contribution in [-0.4, -0.2) is 48.3 Å². The van der Waals surface area contributed by atoms with Gasteiger partial charge in [0.25, 0.3) is 0 Å². The second-order valence-corrected chi connectivity index (χ2v) is 12.6. The van der Waals surface area contributed by atoms with Crippen LogP contribution in [0, 0.1) is 11.8 Å². The molecule has 198 valence electrons. The van der Waals surface area contributed by atoms with Crippen molar-refractivity contribution in [1.82, 2.24) is 0 Å². The van der Waals surface area contributed by atoms with E-state index in [0.717, 1.165) is 24.0 Å². The number of rotatable bonds is 3.